The zero-order valence-corrected chi connectivity index (χ0v) is 14.2. The molecule has 0 aliphatic rings. The first-order valence-corrected chi connectivity index (χ1v) is 8.18. The van der Waals surface area contributed by atoms with Gasteiger partial charge in [-0.2, -0.15) is 5.10 Å². The van der Waals surface area contributed by atoms with Crippen LogP contribution >= 0.6 is 0 Å². The quantitative estimate of drug-likeness (QED) is 0.418. The summed E-state index contributed by atoms with van der Waals surface area (Å²) in [6.45, 7) is 5.42. The van der Waals surface area contributed by atoms with Crippen LogP contribution in [0.15, 0.2) is 61.3 Å². The van der Waals surface area contributed by atoms with Crippen molar-refractivity contribution >= 4 is 22.4 Å². The Hall–Kier alpha value is -3.54. The molecule has 0 spiro atoms. The lowest BCUT2D eigenvalue weighted by Crippen LogP contribution is -2.14. The van der Waals surface area contributed by atoms with Crippen molar-refractivity contribution in [3.63, 3.8) is 0 Å². The molecule has 0 saturated carbocycles. The molecule has 0 unspecified atom stereocenters. The molecule has 4 aromatic rings. The van der Waals surface area contributed by atoms with E-state index in [1.807, 2.05) is 24.3 Å². The Morgan fingerprint density at radius 2 is 1.96 bits per heavy atom. The summed E-state index contributed by atoms with van der Waals surface area (Å²) < 4.78 is 6.68. The molecule has 0 aliphatic carbocycles. The third-order valence-corrected chi connectivity index (χ3v) is 4.25. The average molecular weight is 344 g/mol. The summed E-state index contributed by atoms with van der Waals surface area (Å²) in [5.41, 5.74) is 3.21. The van der Waals surface area contributed by atoms with Gasteiger partial charge in [-0.05, 0) is 23.3 Å². The van der Waals surface area contributed by atoms with Gasteiger partial charge in [0.25, 0.3) is 0 Å². The van der Waals surface area contributed by atoms with Gasteiger partial charge in [-0.15, -0.1) is 10.2 Å². The highest BCUT2D eigenvalue weighted by Gasteiger charge is 2.19. The summed E-state index contributed by atoms with van der Waals surface area (Å²) in [4.78, 5) is 12.1. The lowest BCUT2D eigenvalue weighted by molar-refractivity contribution is 0.0539. The van der Waals surface area contributed by atoms with E-state index in [1.54, 1.807) is 17.6 Å². The van der Waals surface area contributed by atoms with E-state index in [1.165, 1.54) is 6.08 Å². The maximum atomic E-state index is 12.1. The summed E-state index contributed by atoms with van der Waals surface area (Å²) >= 11 is 0. The van der Waals surface area contributed by atoms with E-state index < -0.39 is 5.97 Å². The number of ether oxygens (including phenoxy) is 1. The van der Waals surface area contributed by atoms with Crippen LogP contribution in [0.5, 0.6) is 0 Å². The van der Waals surface area contributed by atoms with E-state index in [0.717, 1.165) is 21.9 Å². The van der Waals surface area contributed by atoms with Crippen LogP contribution in [0, 0.1) is 6.92 Å². The molecule has 0 radical (unpaired) electrons. The van der Waals surface area contributed by atoms with E-state index in [2.05, 4.69) is 40.1 Å². The minimum absolute atomic E-state index is 0.123. The van der Waals surface area contributed by atoms with Crippen molar-refractivity contribution in [2.45, 2.75) is 6.92 Å². The fourth-order valence-corrected chi connectivity index (χ4v) is 3.00. The van der Waals surface area contributed by atoms with Crippen LogP contribution in [0.1, 0.15) is 16.2 Å². The maximum Gasteiger partial charge on any atom is 0.361 e. The molecule has 0 amide bonds. The number of esters is 1. The number of hydrogen-bond acceptors (Lipinski definition) is 5. The van der Waals surface area contributed by atoms with Crippen molar-refractivity contribution in [3.05, 3.63) is 72.7 Å². The van der Waals surface area contributed by atoms with Crippen molar-refractivity contribution in [2.24, 2.45) is 0 Å². The molecular weight excluding hydrogens is 328 g/mol. The molecule has 4 rings (SSSR count). The first kappa shape index (κ1) is 16.0. The molecule has 6 heteroatoms. The van der Waals surface area contributed by atoms with E-state index in [4.69, 9.17) is 4.74 Å². The van der Waals surface area contributed by atoms with Crippen molar-refractivity contribution < 1.29 is 9.53 Å². The molecule has 26 heavy (non-hydrogen) atoms. The van der Waals surface area contributed by atoms with E-state index in [0.29, 0.717) is 11.3 Å². The van der Waals surface area contributed by atoms with Crippen LogP contribution in [0.3, 0.4) is 0 Å². The third kappa shape index (κ3) is 2.52. The molecule has 6 nitrogen and oxygen atoms in total. The Morgan fingerprint density at radius 3 is 2.81 bits per heavy atom. The van der Waals surface area contributed by atoms with E-state index in [-0.39, 0.29) is 12.3 Å². The number of aryl methyl sites for hydroxylation is 1. The molecule has 0 N–H and O–H groups in total. The summed E-state index contributed by atoms with van der Waals surface area (Å²) in [5, 5.41) is 15.0. The van der Waals surface area contributed by atoms with Gasteiger partial charge in [-0.3, -0.25) is 0 Å². The monoisotopic (exact) mass is 344 g/mol. The Balaban J connectivity index is 1.87. The van der Waals surface area contributed by atoms with Gasteiger partial charge >= 0.3 is 5.97 Å². The van der Waals surface area contributed by atoms with Gasteiger partial charge in [0.2, 0.25) is 0 Å². The molecule has 2 aromatic heterocycles. The molecule has 2 heterocycles. The second kappa shape index (κ2) is 6.40. The van der Waals surface area contributed by atoms with Crippen molar-refractivity contribution in [1.29, 1.82) is 0 Å². The maximum absolute atomic E-state index is 12.1. The van der Waals surface area contributed by atoms with Gasteiger partial charge < -0.3 is 4.74 Å². The molecule has 0 atom stereocenters. The Bertz CT molecular complexity index is 1140. The number of rotatable bonds is 4. The summed E-state index contributed by atoms with van der Waals surface area (Å²) in [5.74, 6) is -0.543. The average Bonchev–Trinajstić information content (AvgIpc) is 3.10. The highest BCUT2D eigenvalue weighted by Crippen LogP contribution is 2.31. The molecule has 0 fully saturated rings. The standard InChI is InChI=1S/C20H16N4O2/c1-3-11-26-20(25)18-13(2)24-19(23-22-18)17(12-21-24)16-10-6-8-14-7-4-5-9-15(14)16/h3-10,12H,1,11H2,2H3. The lowest BCUT2D eigenvalue weighted by atomic mass is 10.0. The first-order chi connectivity index (χ1) is 12.7. The van der Waals surface area contributed by atoms with Gasteiger partial charge in [-0.25, -0.2) is 9.31 Å². The predicted octanol–water partition coefficient (Wildman–Crippen LogP) is 3.60. The first-order valence-electron chi connectivity index (χ1n) is 8.18. The normalized spacial score (nSPS) is 11.0. The van der Waals surface area contributed by atoms with Gasteiger partial charge in [0.15, 0.2) is 11.3 Å². The molecule has 2 aromatic carbocycles. The van der Waals surface area contributed by atoms with Crippen molar-refractivity contribution in [2.75, 3.05) is 6.61 Å². The fourth-order valence-electron chi connectivity index (χ4n) is 3.00. The Labute approximate surface area is 149 Å². The number of hydrogen-bond donors (Lipinski definition) is 0. The van der Waals surface area contributed by atoms with Crippen LogP contribution in [0.25, 0.3) is 27.5 Å². The number of nitrogens with zero attached hydrogens (tertiary/aromatic N) is 4. The zero-order valence-electron chi connectivity index (χ0n) is 14.2. The van der Waals surface area contributed by atoms with Crippen LogP contribution in [-0.2, 0) is 4.74 Å². The largest absolute Gasteiger partial charge is 0.457 e. The molecule has 0 aliphatic heterocycles. The number of carbonyl (C=O) groups is 1. The minimum Gasteiger partial charge on any atom is -0.457 e. The Morgan fingerprint density at radius 1 is 1.15 bits per heavy atom. The third-order valence-electron chi connectivity index (χ3n) is 4.25. The number of carbonyl (C=O) groups excluding carboxylic acids is 1. The smallest absolute Gasteiger partial charge is 0.361 e. The zero-order chi connectivity index (χ0) is 18.1. The van der Waals surface area contributed by atoms with Gasteiger partial charge in [0.1, 0.15) is 6.61 Å². The lowest BCUT2D eigenvalue weighted by Gasteiger charge is -2.07. The van der Waals surface area contributed by atoms with Crippen molar-refractivity contribution in [1.82, 2.24) is 19.8 Å². The number of benzene rings is 2. The minimum atomic E-state index is -0.543. The number of aromatic nitrogens is 4. The van der Waals surface area contributed by atoms with Crippen LogP contribution in [-0.4, -0.2) is 32.4 Å². The van der Waals surface area contributed by atoms with Gasteiger partial charge in [-0.1, -0.05) is 55.1 Å². The molecule has 0 saturated heterocycles. The Kier molecular flexibility index (Phi) is 3.93. The summed E-state index contributed by atoms with van der Waals surface area (Å²) in [6.07, 6.45) is 3.25. The molecular formula is C20H16N4O2. The highest BCUT2D eigenvalue weighted by atomic mass is 16.5. The highest BCUT2D eigenvalue weighted by molar-refractivity contribution is 5.99. The van der Waals surface area contributed by atoms with Crippen LogP contribution in [0.2, 0.25) is 0 Å². The fraction of sp³-hybridized carbons (Fsp3) is 0.100. The van der Waals surface area contributed by atoms with Crippen molar-refractivity contribution in [3.8, 4) is 11.1 Å². The van der Waals surface area contributed by atoms with E-state index in [9.17, 15) is 4.79 Å². The molecule has 0 bridgehead atoms. The summed E-state index contributed by atoms with van der Waals surface area (Å²) in [7, 11) is 0. The SMILES string of the molecule is C=CCOC(=O)c1nnc2c(-c3cccc4ccccc34)cnn2c1C. The van der Waals surface area contributed by atoms with E-state index >= 15 is 0 Å². The summed E-state index contributed by atoms with van der Waals surface area (Å²) in [6, 6.07) is 14.2. The van der Waals surface area contributed by atoms with Crippen LogP contribution in [0.4, 0.5) is 0 Å². The molecule has 128 valence electrons. The van der Waals surface area contributed by atoms with Crippen LogP contribution < -0.4 is 0 Å². The predicted molar refractivity (Wildman–Crippen MR) is 98.9 cm³/mol. The topological polar surface area (TPSA) is 69.4 Å². The van der Waals surface area contributed by atoms with Gasteiger partial charge in [0, 0.05) is 5.56 Å². The van der Waals surface area contributed by atoms with Gasteiger partial charge in [0.05, 0.1) is 11.9 Å². The number of fused-ring (bicyclic) bond motifs is 2. The second-order valence-corrected chi connectivity index (χ2v) is 5.84. The second-order valence-electron chi connectivity index (χ2n) is 5.84.